The number of carbonyl (C=O) groups is 1. The summed E-state index contributed by atoms with van der Waals surface area (Å²) >= 11 is 0. The summed E-state index contributed by atoms with van der Waals surface area (Å²) in [5.74, 6) is -1.42. The number of hydrogen-bond acceptors (Lipinski definition) is 2. The third-order valence-electron chi connectivity index (χ3n) is 2.40. The van der Waals surface area contributed by atoms with E-state index in [2.05, 4.69) is 4.98 Å². The SMILES string of the molecule is Cc1ccc(F)cc1C(=O)c1ccc(F)cn1. The molecule has 0 spiro atoms. The first kappa shape index (κ1) is 11.4. The number of nitrogens with zero attached hydrogens (tertiary/aromatic N) is 1. The van der Waals surface area contributed by atoms with E-state index in [0.29, 0.717) is 5.56 Å². The zero-order valence-corrected chi connectivity index (χ0v) is 9.08. The largest absolute Gasteiger partial charge is 0.287 e. The third kappa shape index (κ3) is 2.36. The standard InChI is InChI=1S/C13H9F2NO/c1-8-2-3-9(14)6-11(8)13(17)12-5-4-10(15)7-16-12/h2-7H,1H3. The lowest BCUT2D eigenvalue weighted by Crippen LogP contribution is -2.06. The fourth-order valence-electron chi connectivity index (χ4n) is 1.49. The summed E-state index contributed by atoms with van der Waals surface area (Å²) in [6, 6.07) is 6.38. The molecule has 0 aliphatic rings. The van der Waals surface area contributed by atoms with E-state index in [4.69, 9.17) is 0 Å². The Morgan fingerprint density at radius 2 is 1.82 bits per heavy atom. The highest BCUT2D eigenvalue weighted by molar-refractivity contribution is 6.08. The summed E-state index contributed by atoms with van der Waals surface area (Å²) in [6.45, 7) is 1.70. The van der Waals surface area contributed by atoms with Crippen molar-refractivity contribution in [2.24, 2.45) is 0 Å². The number of pyridine rings is 1. The lowest BCUT2D eigenvalue weighted by atomic mass is 10.0. The third-order valence-corrected chi connectivity index (χ3v) is 2.40. The topological polar surface area (TPSA) is 30.0 Å². The predicted molar refractivity (Wildman–Crippen MR) is 58.8 cm³/mol. The van der Waals surface area contributed by atoms with Gasteiger partial charge in [-0.2, -0.15) is 0 Å². The zero-order chi connectivity index (χ0) is 12.4. The molecular weight excluding hydrogens is 224 g/mol. The average Bonchev–Trinajstić information content (AvgIpc) is 2.32. The number of benzene rings is 1. The fourth-order valence-corrected chi connectivity index (χ4v) is 1.49. The molecular formula is C13H9F2NO. The number of hydrogen-bond donors (Lipinski definition) is 0. The van der Waals surface area contributed by atoms with E-state index in [1.54, 1.807) is 6.92 Å². The zero-order valence-electron chi connectivity index (χ0n) is 9.08. The van der Waals surface area contributed by atoms with E-state index in [1.807, 2.05) is 0 Å². The smallest absolute Gasteiger partial charge is 0.211 e. The number of rotatable bonds is 2. The molecule has 2 rings (SSSR count). The summed E-state index contributed by atoms with van der Waals surface area (Å²) in [4.78, 5) is 15.7. The summed E-state index contributed by atoms with van der Waals surface area (Å²) in [6.07, 6.45) is 0.960. The number of ketones is 1. The van der Waals surface area contributed by atoms with Crippen molar-refractivity contribution in [3.05, 3.63) is 65.0 Å². The molecule has 1 aromatic heterocycles. The Balaban J connectivity index is 2.43. The van der Waals surface area contributed by atoms with Crippen molar-refractivity contribution in [2.45, 2.75) is 6.92 Å². The van der Waals surface area contributed by atoms with Crippen molar-refractivity contribution in [3.8, 4) is 0 Å². The highest BCUT2D eigenvalue weighted by Gasteiger charge is 2.13. The van der Waals surface area contributed by atoms with Crippen molar-refractivity contribution < 1.29 is 13.6 Å². The maximum absolute atomic E-state index is 13.1. The molecule has 1 aromatic carbocycles. The first-order valence-electron chi connectivity index (χ1n) is 5.00. The van der Waals surface area contributed by atoms with Gasteiger partial charge in [-0.05, 0) is 36.8 Å². The van der Waals surface area contributed by atoms with Crippen LogP contribution >= 0.6 is 0 Å². The van der Waals surface area contributed by atoms with Gasteiger partial charge < -0.3 is 0 Å². The molecule has 0 fully saturated rings. The van der Waals surface area contributed by atoms with Crippen molar-refractivity contribution in [1.29, 1.82) is 0 Å². The molecule has 0 radical (unpaired) electrons. The molecule has 4 heteroatoms. The van der Waals surface area contributed by atoms with Crippen LogP contribution in [0.1, 0.15) is 21.6 Å². The Hall–Kier alpha value is -2.10. The van der Waals surface area contributed by atoms with E-state index in [-0.39, 0.29) is 11.3 Å². The molecule has 2 aromatic rings. The lowest BCUT2D eigenvalue weighted by Gasteiger charge is -2.04. The molecule has 0 aliphatic carbocycles. The van der Waals surface area contributed by atoms with Crippen molar-refractivity contribution in [2.75, 3.05) is 0 Å². The van der Waals surface area contributed by atoms with Gasteiger partial charge in [-0.3, -0.25) is 4.79 Å². The first-order chi connectivity index (χ1) is 8.08. The molecule has 0 amide bonds. The Morgan fingerprint density at radius 1 is 1.12 bits per heavy atom. The van der Waals surface area contributed by atoms with Crippen molar-refractivity contribution >= 4 is 5.78 Å². The van der Waals surface area contributed by atoms with Gasteiger partial charge >= 0.3 is 0 Å². The van der Waals surface area contributed by atoms with Crippen LogP contribution in [0, 0.1) is 18.6 Å². The molecule has 0 atom stereocenters. The van der Waals surface area contributed by atoms with Gasteiger partial charge in [-0.25, -0.2) is 13.8 Å². The van der Waals surface area contributed by atoms with Gasteiger partial charge in [-0.1, -0.05) is 6.07 Å². The van der Waals surface area contributed by atoms with Crippen LogP contribution in [0.2, 0.25) is 0 Å². The van der Waals surface area contributed by atoms with Crippen LogP contribution in [-0.4, -0.2) is 10.8 Å². The van der Waals surface area contributed by atoms with E-state index in [9.17, 15) is 13.6 Å². The van der Waals surface area contributed by atoms with Gasteiger partial charge in [0.25, 0.3) is 0 Å². The molecule has 0 aliphatic heterocycles. The van der Waals surface area contributed by atoms with Gasteiger partial charge in [0.05, 0.1) is 6.20 Å². The Bertz CT molecular complexity index is 564. The second kappa shape index (κ2) is 4.41. The van der Waals surface area contributed by atoms with Crippen LogP contribution in [0.3, 0.4) is 0 Å². The first-order valence-corrected chi connectivity index (χ1v) is 5.00. The number of aromatic nitrogens is 1. The van der Waals surface area contributed by atoms with Crippen LogP contribution in [-0.2, 0) is 0 Å². The molecule has 17 heavy (non-hydrogen) atoms. The van der Waals surface area contributed by atoms with Gasteiger partial charge in [0.15, 0.2) is 0 Å². The molecule has 0 bridgehead atoms. The summed E-state index contributed by atoms with van der Waals surface area (Å²) in [7, 11) is 0. The van der Waals surface area contributed by atoms with E-state index in [1.165, 1.54) is 18.2 Å². The van der Waals surface area contributed by atoms with Gasteiger partial charge in [-0.15, -0.1) is 0 Å². The van der Waals surface area contributed by atoms with Gasteiger partial charge in [0.2, 0.25) is 5.78 Å². The van der Waals surface area contributed by atoms with Crippen LogP contribution in [0.5, 0.6) is 0 Å². The molecule has 0 unspecified atom stereocenters. The summed E-state index contributed by atoms with van der Waals surface area (Å²) in [5, 5.41) is 0. The minimum atomic E-state index is -0.516. The molecule has 0 N–H and O–H groups in total. The maximum Gasteiger partial charge on any atom is 0.211 e. The fraction of sp³-hybridized carbons (Fsp3) is 0.0769. The second-order valence-electron chi connectivity index (χ2n) is 3.65. The number of aryl methyl sites for hydroxylation is 1. The normalized spacial score (nSPS) is 10.3. The van der Waals surface area contributed by atoms with Crippen LogP contribution < -0.4 is 0 Å². The maximum atomic E-state index is 13.1. The Morgan fingerprint density at radius 3 is 2.47 bits per heavy atom. The lowest BCUT2D eigenvalue weighted by molar-refractivity contribution is 0.103. The van der Waals surface area contributed by atoms with Gasteiger partial charge in [0.1, 0.15) is 17.3 Å². The molecule has 1 heterocycles. The summed E-state index contributed by atoms with van der Waals surface area (Å²) in [5.41, 5.74) is 0.992. The van der Waals surface area contributed by atoms with Crippen LogP contribution in [0.15, 0.2) is 36.5 Å². The summed E-state index contributed by atoms with van der Waals surface area (Å²) < 4.78 is 25.7. The second-order valence-corrected chi connectivity index (χ2v) is 3.65. The minimum absolute atomic E-state index is 0.0973. The highest BCUT2D eigenvalue weighted by Crippen LogP contribution is 2.14. The quantitative estimate of drug-likeness (QED) is 0.746. The monoisotopic (exact) mass is 233 g/mol. The van der Waals surface area contributed by atoms with Crippen LogP contribution in [0.25, 0.3) is 0 Å². The van der Waals surface area contributed by atoms with Crippen molar-refractivity contribution in [3.63, 3.8) is 0 Å². The Kier molecular flexibility index (Phi) is 2.95. The van der Waals surface area contributed by atoms with Crippen LogP contribution in [0.4, 0.5) is 8.78 Å². The Labute approximate surface area is 96.9 Å². The highest BCUT2D eigenvalue weighted by atomic mass is 19.1. The molecule has 86 valence electrons. The molecule has 2 nitrogen and oxygen atoms in total. The number of halogens is 2. The minimum Gasteiger partial charge on any atom is -0.287 e. The van der Waals surface area contributed by atoms with E-state index < -0.39 is 17.4 Å². The predicted octanol–water partition coefficient (Wildman–Crippen LogP) is 2.90. The van der Waals surface area contributed by atoms with E-state index in [0.717, 1.165) is 18.3 Å². The van der Waals surface area contributed by atoms with Crippen molar-refractivity contribution in [1.82, 2.24) is 4.98 Å². The number of carbonyl (C=O) groups excluding carboxylic acids is 1. The molecule has 0 saturated carbocycles. The van der Waals surface area contributed by atoms with Gasteiger partial charge in [0, 0.05) is 5.56 Å². The average molecular weight is 233 g/mol. The van der Waals surface area contributed by atoms with E-state index >= 15 is 0 Å². The molecule has 0 saturated heterocycles.